The van der Waals surface area contributed by atoms with Gasteiger partial charge in [-0.2, -0.15) is 14.8 Å². The minimum atomic E-state index is -1.64. The summed E-state index contributed by atoms with van der Waals surface area (Å²) in [6, 6.07) is 6.32. The smallest absolute Gasteiger partial charge is 0.273 e. The molecule has 3 amide bonds. The molecule has 0 unspecified atom stereocenters. The van der Waals surface area contributed by atoms with Gasteiger partial charge in [-0.3, -0.25) is 19.8 Å². The maximum absolute atomic E-state index is 12.6. The minimum Gasteiger partial charge on any atom is -0.273 e. The molecule has 1 N–H and O–H groups in total. The lowest BCUT2D eigenvalue weighted by Gasteiger charge is -2.32. The first kappa shape index (κ1) is 23.0. The van der Waals surface area contributed by atoms with Crippen molar-refractivity contribution < 1.29 is 33.9 Å². The summed E-state index contributed by atoms with van der Waals surface area (Å²) in [6.07, 6.45) is -0.410. The van der Waals surface area contributed by atoms with Gasteiger partial charge in [0, 0.05) is 0 Å². The van der Waals surface area contributed by atoms with E-state index in [4.69, 9.17) is 19.6 Å². The average molecular weight is 408 g/mol. The van der Waals surface area contributed by atoms with Crippen molar-refractivity contribution in [2.24, 2.45) is 0 Å². The second-order valence-corrected chi connectivity index (χ2v) is 8.89. The van der Waals surface area contributed by atoms with Crippen molar-refractivity contribution in [1.82, 2.24) is 10.4 Å². The van der Waals surface area contributed by atoms with Crippen LogP contribution in [0, 0.1) is 0 Å². The number of hydrogen-bond acceptors (Lipinski definition) is 7. The normalized spacial score (nSPS) is 14.9. The molecule has 0 spiro atoms. The van der Waals surface area contributed by atoms with Crippen LogP contribution in [0.2, 0.25) is 0 Å². The van der Waals surface area contributed by atoms with Gasteiger partial charge in [0.25, 0.3) is 11.8 Å². The van der Waals surface area contributed by atoms with Gasteiger partial charge in [-0.05, 0) is 60.6 Å². The Morgan fingerprint density at radius 3 is 1.62 bits per heavy atom. The average Bonchev–Trinajstić information content (AvgIpc) is 2.83. The summed E-state index contributed by atoms with van der Waals surface area (Å²) in [5, 5.41) is 0.669. The van der Waals surface area contributed by atoms with Crippen LogP contribution in [0.15, 0.2) is 24.3 Å². The van der Waals surface area contributed by atoms with Gasteiger partial charge in [-0.25, -0.2) is 9.78 Å². The van der Waals surface area contributed by atoms with Gasteiger partial charge in [0.2, 0.25) is 11.7 Å². The largest absolute Gasteiger partial charge is 0.280 e. The Balaban J connectivity index is 2.09. The first-order chi connectivity index (χ1) is 13.2. The predicted octanol–water partition coefficient (Wildman–Crippen LogP) is 2.91. The fraction of sp³-hybridized carbons (Fsp3) is 0.550. The zero-order valence-electron chi connectivity index (χ0n) is 17.8. The Labute approximate surface area is 170 Å². The summed E-state index contributed by atoms with van der Waals surface area (Å²) >= 11 is 0. The molecule has 0 aromatic heterocycles. The molecule has 0 saturated carbocycles. The molecule has 0 saturated heterocycles. The first-order valence-corrected chi connectivity index (χ1v) is 9.22. The van der Waals surface area contributed by atoms with E-state index in [2.05, 4.69) is 5.43 Å². The van der Waals surface area contributed by atoms with Gasteiger partial charge in [0.15, 0.2) is 0 Å². The number of carbonyl (C=O) groups is 3. The van der Waals surface area contributed by atoms with Gasteiger partial charge in [-0.15, -0.1) is 0 Å². The van der Waals surface area contributed by atoms with Crippen molar-refractivity contribution in [3.63, 3.8) is 0 Å². The van der Waals surface area contributed by atoms with Gasteiger partial charge in [0.05, 0.1) is 28.7 Å². The van der Waals surface area contributed by atoms with E-state index in [0.29, 0.717) is 5.01 Å². The molecule has 160 valence electrons. The van der Waals surface area contributed by atoms with E-state index in [-0.39, 0.29) is 11.1 Å². The zero-order valence-corrected chi connectivity index (χ0v) is 17.8. The van der Waals surface area contributed by atoms with E-state index in [1.807, 2.05) is 0 Å². The maximum atomic E-state index is 12.6. The number of rotatable bonds is 7. The standard InChI is InChI=1S/C20H28N2O7/c1-18(2,3)26-28-20(7,29-27-19(4,5)6)12-15(23)21-22-16(24)13-10-8-9-11-14(13)17(22)25/h8-11H,12H2,1-7H3,(H,21,23). The van der Waals surface area contributed by atoms with Crippen molar-refractivity contribution in [2.45, 2.75) is 71.9 Å². The van der Waals surface area contributed by atoms with Crippen LogP contribution in [-0.2, 0) is 24.3 Å². The SMILES string of the molecule is CC(C)(C)OOC(C)(CC(=O)NN1C(=O)c2ccccc2C1=O)OOC(C)(C)C. The maximum Gasteiger partial charge on any atom is 0.280 e. The van der Waals surface area contributed by atoms with Crippen LogP contribution in [0.4, 0.5) is 0 Å². The van der Waals surface area contributed by atoms with Crippen LogP contribution in [0.1, 0.15) is 75.6 Å². The van der Waals surface area contributed by atoms with Gasteiger partial charge < -0.3 is 0 Å². The molecule has 9 nitrogen and oxygen atoms in total. The Kier molecular flexibility index (Phi) is 6.48. The molecule has 2 rings (SSSR count). The Bertz CT molecular complexity index is 740. The summed E-state index contributed by atoms with van der Waals surface area (Å²) in [5.74, 6) is -3.56. The number of benzene rings is 1. The fourth-order valence-electron chi connectivity index (χ4n) is 2.25. The quantitative estimate of drug-likeness (QED) is 0.320. The van der Waals surface area contributed by atoms with Crippen LogP contribution in [0.3, 0.4) is 0 Å². The second-order valence-electron chi connectivity index (χ2n) is 8.89. The summed E-state index contributed by atoms with van der Waals surface area (Å²) in [6.45, 7) is 12.0. The third kappa shape index (κ3) is 6.33. The van der Waals surface area contributed by atoms with Crippen molar-refractivity contribution in [2.75, 3.05) is 0 Å². The lowest BCUT2D eigenvalue weighted by molar-refractivity contribution is -0.535. The number of nitrogens with one attached hydrogen (secondary N) is 1. The van der Waals surface area contributed by atoms with E-state index in [9.17, 15) is 14.4 Å². The molecule has 0 bridgehead atoms. The molecule has 0 fully saturated rings. The summed E-state index contributed by atoms with van der Waals surface area (Å²) in [7, 11) is 0. The van der Waals surface area contributed by atoms with Crippen molar-refractivity contribution >= 4 is 17.7 Å². The van der Waals surface area contributed by atoms with Crippen LogP contribution >= 0.6 is 0 Å². The highest BCUT2D eigenvalue weighted by molar-refractivity contribution is 6.21. The van der Waals surface area contributed by atoms with Gasteiger partial charge in [0.1, 0.15) is 0 Å². The van der Waals surface area contributed by atoms with Crippen LogP contribution in [0.25, 0.3) is 0 Å². The number of nitrogens with zero attached hydrogens (tertiary/aromatic N) is 1. The number of hydrogen-bond donors (Lipinski definition) is 1. The van der Waals surface area contributed by atoms with Gasteiger partial charge >= 0.3 is 0 Å². The van der Waals surface area contributed by atoms with Crippen LogP contribution in [0.5, 0.6) is 0 Å². The van der Waals surface area contributed by atoms with Crippen molar-refractivity contribution in [3.8, 4) is 0 Å². The molecule has 0 radical (unpaired) electrons. The molecule has 1 aliphatic heterocycles. The number of hydrazine groups is 1. The molecule has 1 heterocycles. The highest BCUT2D eigenvalue weighted by Crippen LogP contribution is 2.26. The fourth-order valence-corrected chi connectivity index (χ4v) is 2.25. The monoisotopic (exact) mass is 408 g/mol. The molecule has 9 heteroatoms. The number of amides is 3. The molecule has 1 aromatic rings. The molecule has 1 aliphatic rings. The van der Waals surface area contributed by atoms with Crippen LogP contribution in [-0.4, -0.2) is 39.7 Å². The van der Waals surface area contributed by atoms with E-state index in [1.165, 1.54) is 19.1 Å². The van der Waals surface area contributed by atoms with Crippen LogP contribution < -0.4 is 5.43 Å². The highest BCUT2D eigenvalue weighted by atomic mass is 17.3. The Hall–Kier alpha value is -2.33. The van der Waals surface area contributed by atoms with E-state index in [1.54, 1.807) is 53.7 Å². The highest BCUT2D eigenvalue weighted by Gasteiger charge is 2.40. The number of carbonyl (C=O) groups excluding carboxylic acids is 3. The lowest BCUT2D eigenvalue weighted by atomic mass is 10.1. The van der Waals surface area contributed by atoms with Crippen molar-refractivity contribution in [3.05, 3.63) is 35.4 Å². The van der Waals surface area contributed by atoms with Gasteiger partial charge in [-0.1, -0.05) is 12.1 Å². The topological polar surface area (TPSA) is 103 Å². The summed E-state index contributed by atoms with van der Waals surface area (Å²) < 4.78 is 0. The summed E-state index contributed by atoms with van der Waals surface area (Å²) in [4.78, 5) is 58.6. The molecular weight excluding hydrogens is 380 g/mol. The molecule has 29 heavy (non-hydrogen) atoms. The molecule has 1 aromatic carbocycles. The first-order valence-electron chi connectivity index (χ1n) is 9.22. The zero-order chi connectivity index (χ0) is 22.0. The third-order valence-corrected chi connectivity index (χ3v) is 3.45. The Morgan fingerprint density at radius 1 is 0.828 bits per heavy atom. The molecule has 0 aliphatic carbocycles. The third-order valence-electron chi connectivity index (χ3n) is 3.45. The second kappa shape index (κ2) is 8.19. The summed E-state index contributed by atoms with van der Waals surface area (Å²) in [5.41, 5.74) is 1.39. The number of fused-ring (bicyclic) bond motifs is 1. The molecule has 0 atom stereocenters. The predicted molar refractivity (Wildman–Crippen MR) is 102 cm³/mol. The minimum absolute atomic E-state index is 0.222. The van der Waals surface area contributed by atoms with Crippen molar-refractivity contribution in [1.29, 1.82) is 0 Å². The Morgan fingerprint density at radius 2 is 1.24 bits per heavy atom. The van der Waals surface area contributed by atoms with E-state index >= 15 is 0 Å². The van der Waals surface area contributed by atoms with E-state index < -0.39 is 41.1 Å². The lowest BCUT2D eigenvalue weighted by Crippen LogP contribution is -2.49. The molecular formula is C20H28N2O7. The van der Waals surface area contributed by atoms with E-state index in [0.717, 1.165) is 0 Å². The number of imide groups is 1.